The molecule has 0 bridgehead atoms. The fraction of sp³-hybridized carbons (Fsp3) is 1.00. The minimum absolute atomic E-state index is 0.336. The molecule has 1 rings (SSSR count). The molecule has 2 heteroatoms. The van der Waals surface area contributed by atoms with Crippen molar-refractivity contribution in [3.05, 3.63) is 0 Å². The smallest absolute Gasteiger partial charge is 0.0456 e. The van der Waals surface area contributed by atoms with Gasteiger partial charge in [-0.1, -0.05) is 6.92 Å². The van der Waals surface area contributed by atoms with Crippen LogP contribution in [0.5, 0.6) is 0 Å². The first kappa shape index (κ1) is 10.0. The number of hydrogen-bond acceptors (Lipinski definition) is 2. The molecule has 0 unspecified atom stereocenters. The van der Waals surface area contributed by atoms with Crippen LogP contribution in [0.2, 0.25) is 0 Å². The molecule has 3 N–H and O–H groups in total. The molecular weight excluding hydrogens is 150 g/mol. The molecule has 0 aromatic heterocycles. The Labute approximate surface area is 75.2 Å². The molecule has 1 atom stereocenters. The van der Waals surface area contributed by atoms with Crippen LogP contribution in [0.1, 0.15) is 39.0 Å². The average molecular weight is 171 g/mol. The van der Waals surface area contributed by atoms with E-state index in [1.807, 2.05) is 0 Å². The second kappa shape index (κ2) is 4.83. The van der Waals surface area contributed by atoms with E-state index in [4.69, 9.17) is 10.8 Å². The molecule has 72 valence electrons. The van der Waals surface area contributed by atoms with E-state index in [0.717, 1.165) is 5.92 Å². The van der Waals surface area contributed by atoms with Gasteiger partial charge in [0.15, 0.2) is 0 Å². The van der Waals surface area contributed by atoms with Crippen molar-refractivity contribution in [1.29, 1.82) is 0 Å². The van der Waals surface area contributed by atoms with E-state index in [-0.39, 0.29) is 0 Å². The molecule has 0 amide bonds. The van der Waals surface area contributed by atoms with Gasteiger partial charge in [0.2, 0.25) is 0 Å². The van der Waals surface area contributed by atoms with Crippen LogP contribution in [0, 0.1) is 11.8 Å². The zero-order chi connectivity index (χ0) is 8.97. The third-order valence-electron chi connectivity index (χ3n) is 2.94. The molecule has 0 heterocycles. The molecule has 1 fully saturated rings. The first-order valence-electron chi connectivity index (χ1n) is 5.08. The van der Waals surface area contributed by atoms with Gasteiger partial charge >= 0.3 is 0 Å². The summed E-state index contributed by atoms with van der Waals surface area (Å²) in [6.45, 7) is 2.46. The summed E-state index contributed by atoms with van der Waals surface area (Å²) < 4.78 is 0. The van der Waals surface area contributed by atoms with E-state index in [1.165, 1.54) is 32.1 Å². The third-order valence-corrected chi connectivity index (χ3v) is 2.94. The monoisotopic (exact) mass is 171 g/mol. The standard InChI is InChI=1S/C10H21NO/c1-8(7-12)6-9-2-4-10(11)5-3-9/h8-10,12H,2-7,11H2,1H3/t8-,9?,10?/m0/s1. The number of aliphatic hydroxyl groups is 1. The molecule has 0 aromatic rings. The summed E-state index contributed by atoms with van der Waals surface area (Å²) in [6.07, 6.45) is 6.09. The van der Waals surface area contributed by atoms with Crippen molar-refractivity contribution >= 4 is 0 Å². The average Bonchev–Trinajstić information content (AvgIpc) is 2.09. The third kappa shape index (κ3) is 3.11. The molecule has 0 radical (unpaired) electrons. The Kier molecular flexibility index (Phi) is 4.02. The summed E-state index contributed by atoms with van der Waals surface area (Å²) >= 11 is 0. The van der Waals surface area contributed by atoms with Crippen LogP contribution in [-0.4, -0.2) is 17.8 Å². The first-order valence-corrected chi connectivity index (χ1v) is 5.08. The Morgan fingerprint density at radius 3 is 2.42 bits per heavy atom. The van der Waals surface area contributed by atoms with Crippen molar-refractivity contribution in [3.63, 3.8) is 0 Å². The van der Waals surface area contributed by atoms with E-state index in [9.17, 15) is 0 Å². The van der Waals surface area contributed by atoms with E-state index in [2.05, 4.69) is 6.92 Å². The highest BCUT2D eigenvalue weighted by Gasteiger charge is 2.19. The van der Waals surface area contributed by atoms with Gasteiger partial charge in [0, 0.05) is 12.6 Å². The topological polar surface area (TPSA) is 46.2 Å². The molecule has 0 saturated heterocycles. The predicted molar refractivity (Wildman–Crippen MR) is 50.8 cm³/mol. The van der Waals surface area contributed by atoms with Crippen molar-refractivity contribution < 1.29 is 5.11 Å². The van der Waals surface area contributed by atoms with Gasteiger partial charge in [-0.05, 0) is 43.9 Å². The Morgan fingerprint density at radius 2 is 1.92 bits per heavy atom. The predicted octanol–water partition coefficient (Wildman–Crippen LogP) is 1.52. The van der Waals surface area contributed by atoms with E-state index >= 15 is 0 Å². The zero-order valence-electron chi connectivity index (χ0n) is 8.00. The Bertz CT molecular complexity index is 119. The normalized spacial score (nSPS) is 33.2. The minimum atomic E-state index is 0.336. The molecule has 1 saturated carbocycles. The van der Waals surface area contributed by atoms with E-state index in [1.54, 1.807) is 0 Å². The summed E-state index contributed by atoms with van der Waals surface area (Å²) in [6, 6.07) is 0.450. The molecule has 1 aliphatic carbocycles. The van der Waals surface area contributed by atoms with Gasteiger partial charge in [0.05, 0.1) is 0 Å². The van der Waals surface area contributed by atoms with Crippen LogP contribution >= 0.6 is 0 Å². The van der Waals surface area contributed by atoms with Gasteiger partial charge in [-0.15, -0.1) is 0 Å². The number of rotatable bonds is 3. The van der Waals surface area contributed by atoms with Crippen LogP contribution in [0.4, 0.5) is 0 Å². The second-order valence-electron chi connectivity index (χ2n) is 4.30. The summed E-state index contributed by atoms with van der Waals surface area (Å²) in [5, 5.41) is 8.89. The molecule has 0 aromatic carbocycles. The van der Waals surface area contributed by atoms with Crippen molar-refractivity contribution in [2.45, 2.75) is 45.1 Å². The van der Waals surface area contributed by atoms with Crippen LogP contribution in [0.15, 0.2) is 0 Å². The summed E-state index contributed by atoms with van der Waals surface area (Å²) in [7, 11) is 0. The highest BCUT2D eigenvalue weighted by atomic mass is 16.3. The zero-order valence-corrected chi connectivity index (χ0v) is 8.00. The maximum atomic E-state index is 8.89. The fourth-order valence-corrected chi connectivity index (χ4v) is 2.07. The lowest BCUT2D eigenvalue weighted by molar-refractivity contribution is 0.193. The Hall–Kier alpha value is -0.0800. The molecular formula is C10H21NO. The lowest BCUT2D eigenvalue weighted by atomic mass is 9.81. The highest BCUT2D eigenvalue weighted by molar-refractivity contribution is 4.75. The summed E-state index contributed by atoms with van der Waals surface area (Å²) in [5.41, 5.74) is 5.81. The Balaban J connectivity index is 2.17. The quantitative estimate of drug-likeness (QED) is 0.676. The van der Waals surface area contributed by atoms with Crippen LogP contribution in [-0.2, 0) is 0 Å². The van der Waals surface area contributed by atoms with Crippen molar-refractivity contribution in [3.8, 4) is 0 Å². The van der Waals surface area contributed by atoms with Gasteiger partial charge in [0.25, 0.3) is 0 Å². The fourth-order valence-electron chi connectivity index (χ4n) is 2.07. The van der Waals surface area contributed by atoms with Gasteiger partial charge in [-0.25, -0.2) is 0 Å². The Morgan fingerprint density at radius 1 is 1.33 bits per heavy atom. The van der Waals surface area contributed by atoms with Crippen molar-refractivity contribution in [2.75, 3.05) is 6.61 Å². The molecule has 0 spiro atoms. The van der Waals surface area contributed by atoms with Gasteiger partial charge in [0.1, 0.15) is 0 Å². The van der Waals surface area contributed by atoms with Gasteiger partial charge < -0.3 is 10.8 Å². The maximum Gasteiger partial charge on any atom is 0.0456 e. The lowest BCUT2D eigenvalue weighted by Crippen LogP contribution is -2.27. The summed E-state index contributed by atoms with van der Waals surface area (Å²) in [5.74, 6) is 1.30. The van der Waals surface area contributed by atoms with Crippen LogP contribution in [0.25, 0.3) is 0 Å². The molecule has 12 heavy (non-hydrogen) atoms. The van der Waals surface area contributed by atoms with Gasteiger partial charge in [-0.3, -0.25) is 0 Å². The van der Waals surface area contributed by atoms with E-state index in [0.29, 0.717) is 18.6 Å². The van der Waals surface area contributed by atoms with Gasteiger partial charge in [-0.2, -0.15) is 0 Å². The minimum Gasteiger partial charge on any atom is -0.396 e. The van der Waals surface area contributed by atoms with Crippen LogP contribution < -0.4 is 5.73 Å². The number of aliphatic hydroxyl groups excluding tert-OH is 1. The number of nitrogens with two attached hydrogens (primary N) is 1. The summed E-state index contributed by atoms with van der Waals surface area (Å²) in [4.78, 5) is 0. The first-order chi connectivity index (χ1) is 5.72. The molecule has 2 nitrogen and oxygen atoms in total. The van der Waals surface area contributed by atoms with Crippen molar-refractivity contribution in [2.24, 2.45) is 17.6 Å². The van der Waals surface area contributed by atoms with Crippen molar-refractivity contribution in [1.82, 2.24) is 0 Å². The molecule has 1 aliphatic rings. The largest absolute Gasteiger partial charge is 0.396 e. The maximum absolute atomic E-state index is 8.89. The lowest BCUT2D eigenvalue weighted by Gasteiger charge is -2.27. The van der Waals surface area contributed by atoms with E-state index < -0.39 is 0 Å². The molecule has 0 aliphatic heterocycles. The number of hydrogen-bond donors (Lipinski definition) is 2. The highest BCUT2D eigenvalue weighted by Crippen LogP contribution is 2.28. The van der Waals surface area contributed by atoms with Crippen LogP contribution in [0.3, 0.4) is 0 Å². The second-order valence-corrected chi connectivity index (χ2v) is 4.30. The SMILES string of the molecule is C[C@H](CO)CC1CCC(N)CC1.